The van der Waals surface area contributed by atoms with E-state index in [1.807, 2.05) is 11.8 Å². The van der Waals surface area contributed by atoms with E-state index in [9.17, 15) is 4.79 Å². The number of rotatable bonds is 4. The van der Waals surface area contributed by atoms with E-state index in [1.54, 1.807) is 0 Å². The van der Waals surface area contributed by atoms with E-state index in [0.29, 0.717) is 37.5 Å². The van der Waals surface area contributed by atoms with Crippen molar-refractivity contribution in [2.45, 2.75) is 38.9 Å². The topological polar surface area (TPSA) is 50.8 Å². The van der Waals surface area contributed by atoms with Gasteiger partial charge in [-0.25, -0.2) is 4.79 Å². The Hall–Kier alpha value is -1.07. The van der Waals surface area contributed by atoms with Crippen LogP contribution >= 0.6 is 0 Å². The SMILES string of the molecule is CC(CNC(=O)N1CC2CC=CCC2C1)CC1(C)OCCO1. The second-order valence-electron chi connectivity index (χ2n) is 7.19. The molecule has 0 radical (unpaired) electrons. The van der Waals surface area contributed by atoms with Crippen LogP contribution < -0.4 is 5.32 Å². The molecule has 5 heteroatoms. The lowest BCUT2D eigenvalue weighted by Gasteiger charge is -2.26. The number of urea groups is 1. The zero-order valence-corrected chi connectivity index (χ0v) is 13.7. The van der Waals surface area contributed by atoms with Gasteiger partial charge in [0.1, 0.15) is 0 Å². The van der Waals surface area contributed by atoms with E-state index in [2.05, 4.69) is 24.4 Å². The molecule has 22 heavy (non-hydrogen) atoms. The summed E-state index contributed by atoms with van der Waals surface area (Å²) >= 11 is 0. The number of ether oxygens (including phenoxy) is 2. The first-order chi connectivity index (χ1) is 10.6. The maximum atomic E-state index is 12.3. The Morgan fingerprint density at radius 1 is 1.27 bits per heavy atom. The van der Waals surface area contributed by atoms with Crippen molar-refractivity contribution in [3.8, 4) is 0 Å². The maximum absolute atomic E-state index is 12.3. The molecule has 2 heterocycles. The number of hydrogen-bond acceptors (Lipinski definition) is 3. The van der Waals surface area contributed by atoms with Crippen LogP contribution in [0.2, 0.25) is 0 Å². The Kier molecular flexibility index (Phi) is 4.73. The van der Waals surface area contributed by atoms with Gasteiger partial charge in [0.25, 0.3) is 0 Å². The molecule has 0 bridgehead atoms. The second kappa shape index (κ2) is 6.59. The van der Waals surface area contributed by atoms with E-state index < -0.39 is 5.79 Å². The van der Waals surface area contributed by atoms with Crippen LogP contribution in [0.25, 0.3) is 0 Å². The standard InChI is InChI=1S/C17H28N2O3/c1-13(9-17(2)21-7-8-22-17)10-18-16(20)19-11-14-5-3-4-6-15(14)12-19/h3-4,13-15H,5-12H2,1-2H3,(H,18,20). The van der Waals surface area contributed by atoms with Crippen molar-refractivity contribution in [3.05, 3.63) is 12.2 Å². The Morgan fingerprint density at radius 3 is 2.45 bits per heavy atom. The Balaban J connectivity index is 1.41. The van der Waals surface area contributed by atoms with Crippen molar-refractivity contribution in [3.63, 3.8) is 0 Å². The summed E-state index contributed by atoms with van der Waals surface area (Å²) in [7, 11) is 0. The van der Waals surface area contributed by atoms with Crippen molar-refractivity contribution in [2.75, 3.05) is 32.8 Å². The normalized spacial score (nSPS) is 31.1. The minimum absolute atomic E-state index is 0.0830. The molecule has 3 aliphatic rings. The van der Waals surface area contributed by atoms with Gasteiger partial charge in [-0.05, 0) is 37.5 Å². The number of amides is 2. The van der Waals surface area contributed by atoms with Crippen LogP contribution in [0.1, 0.15) is 33.1 Å². The van der Waals surface area contributed by atoms with E-state index in [1.165, 1.54) is 0 Å². The lowest BCUT2D eigenvalue weighted by atomic mass is 9.86. The molecule has 0 saturated carbocycles. The van der Waals surface area contributed by atoms with Crippen molar-refractivity contribution < 1.29 is 14.3 Å². The molecule has 124 valence electrons. The average Bonchev–Trinajstić information content (AvgIpc) is 3.10. The fourth-order valence-corrected chi connectivity index (χ4v) is 3.93. The predicted molar refractivity (Wildman–Crippen MR) is 84.4 cm³/mol. The third-order valence-corrected chi connectivity index (χ3v) is 5.13. The molecule has 2 amide bonds. The van der Waals surface area contributed by atoms with Crippen molar-refractivity contribution in [2.24, 2.45) is 17.8 Å². The molecule has 1 aliphatic carbocycles. The van der Waals surface area contributed by atoms with Crippen LogP contribution in [0.3, 0.4) is 0 Å². The van der Waals surface area contributed by atoms with Gasteiger partial charge in [-0.2, -0.15) is 0 Å². The van der Waals surface area contributed by atoms with Crippen molar-refractivity contribution in [1.29, 1.82) is 0 Å². The molecule has 3 atom stereocenters. The number of fused-ring (bicyclic) bond motifs is 1. The fraction of sp³-hybridized carbons (Fsp3) is 0.824. The maximum Gasteiger partial charge on any atom is 0.317 e. The summed E-state index contributed by atoms with van der Waals surface area (Å²) < 4.78 is 11.3. The van der Waals surface area contributed by atoms with Gasteiger partial charge in [0, 0.05) is 26.1 Å². The van der Waals surface area contributed by atoms with Gasteiger partial charge in [0.05, 0.1) is 13.2 Å². The van der Waals surface area contributed by atoms with Gasteiger partial charge in [-0.15, -0.1) is 0 Å². The number of carbonyl (C=O) groups is 1. The van der Waals surface area contributed by atoms with Gasteiger partial charge < -0.3 is 19.7 Å². The number of nitrogens with one attached hydrogen (secondary N) is 1. The first-order valence-corrected chi connectivity index (χ1v) is 8.51. The van der Waals surface area contributed by atoms with Crippen LogP contribution in [-0.4, -0.2) is 49.6 Å². The lowest BCUT2D eigenvalue weighted by molar-refractivity contribution is -0.153. The highest BCUT2D eigenvalue weighted by atomic mass is 16.7. The summed E-state index contributed by atoms with van der Waals surface area (Å²) in [5, 5.41) is 3.08. The molecule has 5 nitrogen and oxygen atoms in total. The Morgan fingerprint density at radius 2 is 1.86 bits per heavy atom. The first-order valence-electron chi connectivity index (χ1n) is 8.51. The smallest absolute Gasteiger partial charge is 0.317 e. The highest BCUT2D eigenvalue weighted by Gasteiger charge is 2.36. The lowest BCUT2D eigenvalue weighted by Crippen LogP contribution is -2.41. The minimum Gasteiger partial charge on any atom is -0.348 e. The minimum atomic E-state index is -0.474. The summed E-state index contributed by atoms with van der Waals surface area (Å²) in [6.07, 6.45) is 7.57. The molecule has 1 N–H and O–H groups in total. The third-order valence-electron chi connectivity index (χ3n) is 5.13. The zero-order valence-electron chi connectivity index (χ0n) is 13.7. The monoisotopic (exact) mass is 308 g/mol. The molecule has 0 aromatic rings. The number of likely N-dealkylation sites (tertiary alicyclic amines) is 1. The van der Waals surface area contributed by atoms with E-state index in [-0.39, 0.29) is 6.03 Å². The molecule has 2 fully saturated rings. The van der Waals surface area contributed by atoms with E-state index >= 15 is 0 Å². The summed E-state index contributed by atoms with van der Waals surface area (Å²) in [6.45, 7) is 7.92. The number of nitrogens with zero attached hydrogens (tertiary/aromatic N) is 1. The molecule has 0 spiro atoms. The molecular formula is C17H28N2O3. The molecular weight excluding hydrogens is 280 g/mol. The van der Waals surface area contributed by atoms with Crippen molar-refractivity contribution >= 4 is 6.03 Å². The average molecular weight is 308 g/mol. The summed E-state index contributed by atoms with van der Waals surface area (Å²) in [5.41, 5.74) is 0. The quantitative estimate of drug-likeness (QED) is 0.811. The number of hydrogen-bond donors (Lipinski definition) is 1. The van der Waals surface area contributed by atoms with Crippen LogP contribution in [-0.2, 0) is 9.47 Å². The second-order valence-corrected chi connectivity index (χ2v) is 7.19. The molecule has 0 aromatic carbocycles. The van der Waals surface area contributed by atoms with Gasteiger partial charge in [-0.3, -0.25) is 0 Å². The van der Waals surface area contributed by atoms with Gasteiger partial charge in [0.15, 0.2) is 5.79 Å². The third kappa shape index (κ3) is 3.63. The molecule has 3 rings (SSSR count). The van der Waals surface area contributed by atoms with Gasteiger partial charge in [0.2, 0.25) is 0 Å². The van der Waals surface area contributed by atoms with Gasteiger partial charge in [-0.1, -0.05) is 19.1 Å². The summed E-state index contributed by atoms with van der Waals surface area (Å²) in [5.74, 6) is 1.18. The molecule has 0 aromatic heterocycles. The van der Waals surface area contributed by atoms with Crippen LogP contribution in [0.5, 0.6) is 0 Å². The highest BCUT2D eigenvalue weighted by Crippen LogP contribution is 2.32. The number of carbonyl (C=O) groups excluding carboxylic acids is 1. The molecule has 2 aliphatic heterocycles. The van der Waals surface area contributed by atoms with Crippen LogP contribution in [0, 0.1) is 17.8 Å². The number of allylic oxidation sites excluding steroid dienone is 2. The van der Waals surface area contributed by atoms with E-state index in [4.69, 9.17) is 9.47 Å². The predicted octanol–water partition coefficient (Wildman–Crippen LogP) is 2.38. The van der Waals surface area contributed by atoms with Gasteiger partial charge >= 0.3 is 6.03 Å². The summed E-state index contributed by atoms with van der Waals surface area (Å²) in [6, 6.07) is 0.0830. The highest BCUT2D eigenvalue weighted by molar-refractivity contribution is 5.74. The fourth-order valence-electron chi connectivity index (χ4n) is 3.93. The summed E-state index contributed by atoms with van der Waals surface area (Å²) in [4.78, 5) is 14.3. The largest absolute Gasteiger partial charge is 0.348 e. The van der Waals surface area contributed by atoms with E-state index in [0.717, 1.165) is 32.4 Å². The van der Waals surface area contributed by atoms with Crippen LogP contribution in [0.15, 0.2) is 12.2 Å². The Labute approximate surface area is 133 Å². The Bertz CT molecular complexity index is 416. The zero-order chi connectivity index (χ0) is 15.6. The first kappa shape index (κ1) is 15.8. The molecule has 3 unspecified atom stereocenters. The van der Waals surface area contributed by atoms with Crippen molar-refractivity contribution in [1.82, 2.24) is 10.2 Å². The van der Waals surface area contributed by atoms with Crippen LogP contribution in [0.4, 0.5) is 4.79 Å². The molecule has 2 saturated heterocycles.